The van der Waals surface area contributed by atoms with Crippen LogP contribution in [0, 0.1) is 27.7 Å². The molecule has 6 rings (SSSR count). The largest absolute Gasteiger partial charge is 0.298 e. The molecule has 0 amide bonds. The lowest BCUT2D eigenvalue weighted by molar-refractivity contribution is 0.105. The number of fused-ring (bicyclic) bond motifs is 3. The van der Waals surface area contributed by atoms with Gasteiger partial charge >= 0.3 is 0 Å². The van der Waals surface area contributed by atoms with Crippen LogP contribution in [-0.4, -0.2) is 12.1 Å². The predicted molar refractivity (Wildman–Crippen MR) is 201 cm³/mol. The highest BCUT2D eigenvalue weighted by Crippen LogP contribution is 2.49. The maximum Gasteiger partial charge on any atom is 0.194 e. The van der Waals surface area contributed by atoms with Gasteiger partial charge in [-0.15, -0.1) is 0 Å². The number of aldehydes is 1. The average Bonchev–Trinajstić information content (AvgIpc) is 3.53. The van der Waals surface area contributed by atoms with Crippen molar-refractivity contribution in [2.24, 2.45) is 0 Å². The van der Waals surface area contributed by atoms with Gasteiger partial charge in [0.05, 0.1) is 0 Å². The summed E-state index contributed by atoms with van der Waals surface area (Å²) in [4.78, 5) is 27.0. The number of carbonyl (C=O) groups is 2. The molecule has 0 spiro atoms. The number of benzene rings is 2. The Labute approximate surface area is 281 Å². The van der Waals surface area contributed by atoms with Gasteiger partial charge in [0, 0.05) is 16.7 Å². The molecule has 0 saturated heterocycles. The molecule has 2 nitrogen and oxygen atoms in total. The van der Waals surface area contributed by atoms with Crippen LogP contribution in [0.2, 0.25) is 0 Å². The smallest absolute Gasteiger partial charge is 0.194 e. The minimum absolute atomic E-state index is 0.117. The van der Waals surface area contributed by atoms with E-state index in [2.05, 4.69) is 132 Å². The molecular formula is C45H48O2. The molecule has 0 radical (unpaired) electrons. The second-order valence-electron chi connectivity index (χ2n) is 14.9. The Kier molecular flexibility index (Phi) is 8.15. The lowest BCUT2D eigenvalue weighted by Crippen LogP contribution is -2.06. The molecule has 0 aromatic heterocycles. The van der Waals surface area contributed by atoms with Crippen LogP contribution in [-0.2, 0) is 0 Å². The van der Waals surface area contributed by atoms with Crippen LogP contribution in [0.25, 0.3) is 39.5 Å². The van der Waals surface area contributed by atoms with Crippen LogP contribution in [0.15, 0.2) is 42.5 Å². The number of ketones is 1. The molecular weight excluding hydrogens is 572 g/mol. The van der Waals surface area contributed by atoms with Crippen LogP contribution in [0.4, 0.5) is 0 Å². The first kappa shape index (κ1) is 32.6. The Hall–Kier alpha value is -4.30. The Morgan fingerprint density at radius 2 is 1.21 bits per heavy atom. The molecule has 2 aromatic carbocycles. The maximum atomic E-state index is 14.7. The van der Waals surface area contributed by atoms with Crippen molar-refractivity contribution in [3.8, 4) is 11.1 Å². The lowest BCUT2D eigenvalue weighted by atomic mass is 9.84. The minimum Gasteiger partial charge on any atom is -0.298 e. The molecule has 0 fully saturated rings. The van der Waals surface area contributed by atoms with E-state index in [4.69, 9.17) is 0 Å². The summed E-state index contributed by atoms with van der Waals surface area (Å²) in [6, 6.07) is 13.5. The van der Waals surface area contributed by atoms with E-state index in [1.165, 1.54) is 44.5 Å². The van der Waals surface area contributed by atoms with Crippen molar-refractivity contribution in [1.82, 2.24) is 0 Å². The fraction of sp³-hybridized carbons (Fsp3) is 0.333. The SMILES string of the molecule is CC1=C/C(=C\c2c(C(C)C)cc3c(c2C)C(=O)C(c2cc(C)c4cc(C(C)C)ccc(C)c2-4)=C3C)c2c1cc(C(C)C)c(C=O)c2C. The van der Waals surface area contributed by atoms with Crippen molar-refractivity contribution < 1.29 is 9.59 Å². The fourth-order valence-corrected chi connectivity index (χ4v) is 8.09. The minimum atomic E-state index is 0.117. The van der Waals surface area contributed by atoms with E-state index < -0.39 is 0 Å². The number of Topliss-reactive ketones (excluding diaryl/α,β-unsaturated/α-hetero) is 1. The molecule has 0 N–H and O–H groups in total. The van der Waals surface area contributed by atoms with E-state index in [1.54, 1.807) is 0 Å². The highest BCUT2D eigenvalue weighted by molar-refractivity contribution is 6.41. The van der Waals surface area contributed by atoms with Gasteiger partial charge in [-0.1, -0.05) is 71.9 Å². The summed E-state index contributed by atoms with van der Waals surface area (Å²) in [7, 11) is 0. The Morgan fingerprint density at radius 1 is 0.596 bits per heavy atom. The molecule has 0 aliphatic heterocycles. The predicted octanol–water partition coefficient (Wildman–Crippen LogP) is 12.3. The molecule has 2 aromatic rings. The fourth-order valence-electron chi connectivity index (χ4n) is 8.09. The number of hydrogen-bond donors (Lipinski definition) is 0. The van der Waals surface area contributed by atoms with Gasteiger partial charge < -0.3 is 0 Å². The number of allylic oxidation sites excluding steroid dienone is 5. The highest BCUT2D eigenvalue weighted by Gasteiger charge is 2.35. The lowest BCUT2D eigenvalue weighted by Gasteiger charge is -2.19. The van der Waals surface area contributed by atoms with E-state index >= 15 is 0 Å². The zero-order valence-corrected chi connectivity index (χ0v) is 30.2. The molecule has 0 bridgehead atoms. The van der Waals surface area contributed by atoms with Gasteiger partial charge in [0.1, 0.15) is 0 Å². The van der Waals surface area contributed by atoms with Gasteiger partial charge in [0.15, 0.2) is 12.1 Å². The first-order chi connectivity index (χ1) is 22.2. The monoisotopic (exact) mass is 620 g/mol. The van der Waals surface area contributed by atoms with Crippen molar-refractivity contribution in [2.75, 3.05) is 0 Å². The van der Waals surface area contributed by atoms with E-state index in [0.717, 1.165) is 73.1 Å². The summed E-state index contributed by atoms with van der Waals surface area (Å²) in [5.74, 6) is 1.06. The third-order valence-electron chi connectivity index (χ3n) is 10.8. The van der Waals surface area contributed by atoms with Crippen LogP contribution >= 0.6 is 0 Å². The van der Waals surface area contributed by atoms with Crippen LogP contribution in [0.5, 0.6) is 0 Å². The second-order valence-corrected chi connectivity index (χ2v) is 14.9. The Balaban J connectivity index is 1.55. The molecule has 47 heavy (non-hydrogen) atoms. The van der Waals surface area contributed by atoms with E-state index in [0.29, 0.717) is 5.92 Å². The molecule has 2 heteroatoms. The molecule has 0 saturated carbocycles. The van der Waals surface area contributed by atoms with Crippen LogP contribution in [0.3, 0.4) is 0 Å². The first-order valence-corrected chi connectivity index (χ1v) is 17.2. The highest BCUT2D eigenvalue weighted by atomic mass is 16.1. The summed E-state index contributed by atoms with van der Waals surface area (Å²) in [6.07, 6.45) is 5.54. The molecule has 4 aliphatic rings. The van der Waals surface area contributed by atoms with Crippen LogP contribution in [0.1, 0.15) is 161 Å². The van der Waals surface area contributed by atoms with Gasteiger partial charge in [0.25, 0.3) is 0 Å². The van der Waals surface area contributed by atoms with Gasteiger partial charge in [-0.3, -0.25) is 9.59 Å². The number of aryl methyl sites for hydroxylation is 2. The first-order valence-electron chi connectivity index (χ1n) is 17.2. The average molecular weight is 621 g/mol. The molecule has 4 aliphatic carbocycles. The topological polar surface area (TPSA) is 34.1 Å². The molecule has 240 valence electrons. The summed E-state index contributed by atoms with van der Waals surface area (Å²) in [5, 5.41) is 0. The molecule has 0 heterocycles. The molecule has 0 unspecified atom stereocenters. The quantitative estimate of drug-likeness (QED) is 0.201. The zero-order chi connectivity index (χ0) is 34.2. The van der Waals surface area contributed by atoms with Crippen molar-refractivity contribution in [3.63, 3.8) is 0 Å². The number of rotatable bonds is 6. The van der Waals surface area contributed by atoms with E-state index in [9.17, 15) is 9.59 Å². The normalized spacial score (nSPS) is 15.2. The van der Waals surface area contributed by atoms with Crippen molar-refractivity contribution in [1.29, 1.82) is 0 Å². The van der Waals surface area contributed by atoms with Gasteiger partial charge in [-0.05, 0) is 172 Å². The molecule has 0 atom stereocenters. The Morgan fingerprint density at radius 3 is 1.83 bits per heavy atom. The van der Waals surface area contributed by atoms with Crippen molar-refractivity contribution >= 4 is 40.4 Å². The summed E-state index contributed by atoms with van der Waals surface area (Å²) < 4.78 is 0. The van der Waals surface area contributed by atoms with Gasteiger partial charge in [-0.2, -0.15) is 0 Å². The third-order valence-corrected chi connectivity index (χ3v) is 10.8. The van der Waals surface area contributed by atoms with Crippen molar-refractivity contribution in [3.05, 3.63) is 120 Å². The van der Waals surface area contributed by atoms with E-state index in [-0.39, 0.29) is 17.6 Å². The van der Waals surface area contributed by atoms with Crippen LogP contribution < -0.4 is 0 Å². The number of hydrogen-bond acceptors (Lipinski definition) is 2. The third kappa shape index (κ3) is 5.00. The standard InChI is InChI=1S/C45H48O2/c1-22(2)31-14-13-25(7)41-35(17-31)27(9)16-39(41)44-29(11)38-20-33(23(3)4)37(28(10)43(38)45(44)47)18-32-15-26(8)36-19-34(24(5)6)40(21-46)30(12)42(32)36/h13-24H,1-12H3/b32-18+. The maximum absolute atomic E-state index is 14.7. The Bertz CT molecular complexity index is 2090. The van der Waals surface area contributed by atoms with Gasteiger partial charge in [0.2, 0.25) is 0 Å². The number of carbonyl (C=O) groups excluding carboxylic acids is 2. The summed E-state index contributed by atoms with van der Waals surface area (Å²) in [5.41, 5.74) is 21.9. The second kappa shape index (κ2) is 11.7. The zero-order valence-electron chi connectivity index (χ0n) is 30.2. The summed E-state index contributed by atoms with van der Waals surface area (Å²) in [6.45, 7) is 26.0. The van der Waals surface area contributed by atoms with E-state index in [1.807, 2.05) is 0 Å². The van der Waals surface area contributed by atoms with Crippen molar-refractivity contribution in [2.45, 2.75) is 101 Å². The summed E-state index contributed by atoms with van der Waals surface area (Å²) >= 11 is 0. The van der Waals surface area contributed by atoms with Gasteiger partial charge in [-0.25, -0.2) is 0 Å².